The summed E-state index contributed by atoms with van der Waals surface area (Å²) in [5, 5.41) is 10.9. The Balaban J connectivity index is 3.09. The lowest BCUT2D eigenvalue weighted by molar-refractivity contribution is -0.385. The van der Waals surface area contributed by atoms with Gasteiger partial charge in [-0.1, -0.05) is 17.7 Å². The molecule has 0 aromatic heterocycles. The fraction of sp³-hybridized carbons (Fsp3) is 0.385. The smallest absolute Gasteiger partial charge is 0.325 e. The molecule has 0 saturated carbocycles. The highest BCUT2D eigenvalue weighted by atomic mass is 35.5. The molecule has 1 aromatic carbocycles. The van der Waals surface area contributed by atoms with Crippen molar-refractivity contribution in [3.05, 3.63) is 38.9 Å². The molecule has 7 nitrogen and oxygen atoms in total. The van der Waals surface area contributed by atoms with Gasteiger partial charge in [-0.3, -0.25) is 19.7 Å². The molecule has 0 bridgehead atoms. The first-order valence-electron chi connectivity index (χ1n) is 6.30. The first-order chi connectivity index (χ1) is 9.92. The summed E-state index contributed by atoms with van der Waals surface area (Å²) in [5.41, 5.74) is -0.620. The second-order valence-corrected chi connectivity index (χ2v) is 4.42. The number of ether oxygens (including phenoxy) is 1. The van der Waals surface area contributed by atoms with Gasteiger partial charge in [-0.05, 0) is 26.0 Å². The van der Waals surface area contributed by atoms with Crippen molar-refractivity contribution >= 4 is 29.2 Å². The van der Waals surface area contributed by atoms with E-state index in [4.69, 9.17) is 16.3 Å². The molecular formula is C13H15ClN2O5. The average Bonchev–Trinajstić information content (AvgIpc) is 2.43. The second kappa shape index (κ2) is 7.58. The number of nitro benzene ring substituents is 1. The summed E-state index contributed by atoms with van der Waals surface area (Å²) in [6, 6.07) is 4.08. The van der Waals surface area contributed by atoms with Gasteiger partial charge in [0.15, 0.2) is 0 Å². The third-order valence-electron chi connectivity index (χ3n) is 2.69. The van der Waals surface area contributed by atoms with E-state index in [0.717, 1.165) is 4.90 Å². The Bertz CT molecular complexity index is 561. The van der Waals surface area contributed by atoms with Crippen LogP contribution < -0.4 is 0 Å². The first kappa shape index (κ1) is 16.9. The highest BCUT2D eigenvalue weighted by Gasteiger charge is 2.27. The number of hydrogen-bond acceptors (Lipinski definition) is 5. The average molecular weight is 315 g/mol. The van der Waals surface area contributed by atoms with Gasteiger partial charge in [0.2, 0.25) is 0 Å². The van der Waals surface area contributed by atoms with Gasteiger partial charge in [-0.25, -0.2) is 0 Å². The highest BCUT2D eigenvalue weighted by Crippen LogP contribution is 2.29. The minimum atomic E-state index is -0.715. The summed E-state index contributed by atoms with van der Waals surface area (Å²) in [7, 11) is 0. The number of rotatable bonds is 6. The Morgan fingerprint density at radius 3 is 2.57 bits per heavy atom. The van der Waals surface area contributed by atoms with E-state index in [9.17, 15) is 19.7 Å². The molecule has 0 unspecified atom stereocenters. The molecule has 0 aliphatic carbocycles. The van der Waals surface area contributed by atoms with Gasteiger partial charge in [0.25, 0.3) is 5.91 Å². The molecule has 0 aliphatic rings. The number of halogens is 1. The number of para-hydroxylation sites is 1. The molecule has 0 aliphatic heterocycles. The number of likely N-dealkylation sites (N-methyl/N-ethyl adjacent to an activating group) is 1. The van der Waals surface area contributed by atoms with E-state index in [-0.39, 0.29) is 30.3 Å². The largest absolute Gasteiger partial charge is 0.465 e. The summed E-state index contributed by atoms with van der Waals surface area (Å²) in [6.07, 6.45) is 0. The number of hydrogen-bond donors (Lipinski definition) is 0. The van der Waals surface area contributed by atoms with Crippen LogP contribution in [0.2, 0.25) is 5.02 Å². The van der Waals surface area contributed by atoms with Gasteiger partial charge in [0.1, 0.15) is 17.1 Å². The van der Waals surface area contributed by atoms with Crippen LogP contribution in [0.3, 0.4) is 0 Å². The van der Waals surface area contributed by atoms with Crippen LogP contribution in [0.25, 0.3) is 0 Å². The molecular weight excluding hydrogens is 300 g/mol. The molecule has 114 valence electrons. The molecule has 1 aromatic rings. The van der Waals surface area contributed by atoms with E-state index >= 15 is 0 Å². The normalized spacial score (nSPS) is 10.0. The SMILES string of the molecule is CCOC(=O)CN(CC)C(=O)c1cccc(Cl)c1[N+](=O)[O-]. The minimum absolute atomic E-state index is 0.127. The summed E-state index contributed by atoms with van der Waals surface area (Å²) >= 11 is 5.77. The van der Waals surface area contributed by atoms with Gasteiger partial charge < -0.3 is 9.64 Å². The topological polar surface area (TPSA) is 89.8 Å². The number of benzene rings is 1. The first-order valence-corrected chi connectivity index (χ1v) is 6.67. The van der Waals surface area contributed by atoms with Crippen molar-refractivity contribution in [2.24, 2.45) is 0 Å². The molecule has 21 heavy (non-hydrogen) atoms. The lowest BCUT2D eigenvalue weighted by atomic mass is 10.1. The fourth-order valence-corrected chi connectivity index (χ4v) is 1.98. The Kier molecular flexibility index (Phi) is 6.10. The van der Waals surface area contributed by atoms with E-state index in [0.29, 0.717) is 0 Å². The maximum Gasteiger partial charge on any atom is 0.325 e. The molecule has 8 heteroatoms. The Hall–Kier alpha value is -2.15. The molecule has 0 spiro atoms. The lowest BCUT2D eigenvalue weighted by Crippen LogP contribution is -2.36. The van der Waals surface area contributed by atoms with Crippen LogP contribution in [-0.4, -0.2) is 41.4 Å². The lowest BCUT2D eigenvalue weighted by Gasteiger charge is -2.19. The van der Waals surface area contributed by atoms with E-state index in [1.165, 1.54) is 18.2 Å². The third-order valence-corrected chi connectivity index (χ3v) is 3.00. The predicted octanol–water partition coefficient (Wildman–Crippen LogP) is 2.27. The minimum Gasteiger partial charge on any atom is -0.465 e. The molecule has 1 amide bonds. The molecule has 0 N–H and O–H groups in total. The van der Waals surface area contributed by atoms with E-state index in [2.05, 4.69) is 0 Å². The van der Waals surface area contributed by atoms with E-state index in [1.807, 2.05) is 0 Å². The van der Waals surface area contributed by atoms with Crippen molar-refractivity contribution in [3.63, 3.8) is 0 Å². The zero-order chi connectivity index (χ0) is 16.0. The summed E-state index contributed by atoms with van der Waals surface area (Å²) < 4.78 is 4.77. The van der Waals surface area contributed by atoms with Gasteiger partial charge in [0, 0.05) is 6.54 Å². The summed E-state index contributed by atoms with van der Waals surface area (Å²) in [4.78, 5) is 35.3. The predicted molar refractivity (Wildman–Crippen MR) is 76.3 cm³/mol. The monoisotopic (exact) mass is 314 g/mol. The summed E-state index contributed by atoms with van der Waals surface area (Å²) in [5.74, 6) is -1.21. The van der Waals surface area contributed by atoms with Crippen molar-refractivity contribution in [2.45, 2.75) is 13.8 Å². The number of carbonyl (C=O) groups is 2. The quantitative estimate of drug-likeness (QED) is 0.456. The third kappa shape index (κ3) is 4.16. The molecule has 0 saturated heterocycles. The van der Waals surface area contributed by atoms with Crippen molar-refractivity contribution < 1.29 is 19.2 Å². The molecule has 0 atom stereocenters. The van der Waals surface area contributed by atoms with Crippen LogP contribution >= 0.6 is 11.6 Å². The number of nitrogens with zero attached hydrogens (tertiary/aromatic N) is 2. The summed E-state index contributed by atoms with van der Waals surface area (Å²) in [6.45, 7) is 3.45. The second-order valence-electron chi connectivity index (χ2n) is 4.02. The number of esters is 1. The zero-order valence-corrected chi connectivity index (χ0v) is 12.4. The molecule has 0 radical (unpaired) electrons. The van der Waals surface area contributed by atoms with E-state index in [1.54, 1.807) is 13.8 Å². The van der Waals surface area contributed by atoms with Crippen LogP contribution in [0.4, 0.5) is 5.69 Å². The van der Waals surface area contributed by atoms with Crippen LogP contribution in [0.5, 0.6) is 0 Å². The Labute approximate surface area is 126 Å². The van der Waals surface area contributed by atoms with Crippen LogP contribution in [0.1, 0.15) is 24.2 Å². The van der Waals surface area contributed by atoms with Gasteiger partial charge in [-0.15, -0.1) is 0 Å². The number of nitro groups is 1. The maximum atomic E-state index is 12.3. The molecule has 1 rings (SSSR count). The molecule has 0 fully saturated rings. The van der Waals surface area contributed by atoms with Gasteiger partial charge in [-0.2, -0.15) is 0 Å². The standard InChI is InChI=1S/C13H15ClN2O5/c1-3-15(8-11(17)21-4-2)13(18)9-6-5-7-10(14)12(9)16(19)20/h5-7H,3-4,8H2,1-2H3. The van der Waals surface area contributed by atoms with Crippen LogP contribution in [0, 0.1) is 10.1 Å². The number of amides is 1. The fourth-order valence-electron chi connectivity index (χ4n) is 1.73. The number of carbonyl (C=O) groups excluding carboxylic acids is 2. The van der Waals surface area contributed by atoms with Crippen LogP contribution in [-0.2, 0) is 9.53 Å². The Morgan fingerprint density at radius 1 is 1.38 bits per heavy atom. The van der Waals surface area contributed by atoms with Crippen molar-refractivity contribution in [3.8, 4) is 0 Å². The molecule has 0 heterocycles. The van der Waals surface area contributed by atoms with Crippen molar-refractivity contribution in [2.75, 3.05) is 19.7 Å². The van der Waals surface area contributed by atoms with E-state index < -0.39 is 22.5 Å². The highest BCUT2D eigenvalue weighted by molar-refractivity contribution is 6.33. The Morgan fingerprint density at radius 2 is 2.05 bits per heavy atom. The zero-order valence-electron chi connectivity index (χ0n) is 11.7. The van der Waals surface area contributed by atoms with Crippen molar-refractivity contribution in [1.29, 1.82) is 0 Å². The van der Waals surface area contributed by atoms with Gasteiger partial charge in [0.05, 0.1) is 11.5 Å². The maximum absolute atomic E-state index is 12.3. The van der Waals surface area contributed by atoms with Crippen LogP contribution in [0.15, 0.2) is 18.2 Å². The van der Waals surface area contributed by atoms with Crippen molar-refractivity contribution in [1.82, 2.24) is 4.90 Å². The van der Waals surface area contributed by atoms with Gasteiger partial charge >= 0.3 is 11.7 Å².